The SMILES string of the molecule is CCN(CC)CC(O)CNC(C)c1cccs1. The fourth-order valence-corrected chi connectivity index (χ4v) is 2.55. The van der Waals surface area contributed by atoms with Crippen molar-refractivity contribution >= 4 is 11.3 Å². The van der Waals surface area contributed by atoms with Gasteiger partial charge in [0, 0.05) is 24.0 Å². The van der Waals surface area contributed by atoms with Gasteiger partial charge in [-0.25, -0.2) is 0 Å². The monoisotopic (exact) mass is 256 g/mol. The first kappa shape index (κ1) is 14.6. The van der Waals surface area contributed by atoms with Gasteiger partial charge in [-0.15, -0.1) is 11.3 Å². The van der Waals surface area contributed by atoms with E-state index in [-0.39, 0.29) is 6.10 Å². The Labute approximate surface area is 108 Å². The summed E-state index contributed by atoms with van der Waals surface area (Å²) < 4.78 is 0. The van der Waals surface area contributed by atoms with Gasteiger partial charge in [0.25, 0.3) is 0 Å². The topological polar surface area (TPSA) is 35.5 Å². The molecule has 1 rings (SSSR count). The number of aliphatic hydroxyl groups excluding tert-OH is 1. The molecule has 0 aliphatic carbocycles. The Balaban J connectivity index is 2.25. The van der Waals surface area contributed by atoms with Crippen LogP contribution in [0.1, 0.15) is 31.7 Å². The molecule has 0 radical (unpaired) electrons. The minimum Gasteiger partial charge on any atom is -0.390 e. The largest absolute Gasteiger partial charge is 0.390 e. The molecule has 98 valence electrons. The maximum atomic E-state index is 9.93. The molecular weight excluding hydrogens is 232 g/mol. The number of nitrogens with zero attached hydrogens (tertiary/aromatic N) is 1. The van der Waals surface area contributed by atoms with Crippen molar-refractivity contribution in [3.63, 3.8) is 0 Å². The molecule has 0 spiro atoms. The molecule has 0 bridgehead atoms. The zero-order valence-corrected chi connectivity index (χ0v) is 11.8. The smallest absolute Gasteiger partial charge is 0.0791 e. The first-order valence-corrected chi connectivity index (χ1v) is 7.22. The summed E-state index contributed by atoms with van der Waals surface area (Å²) in [6, 6.07) is 4.50. The lowest BCUT2D eigenvalue weighted by Crippen LogP contribution is -2.38. The molecule has 0 aromatic carbocycles. The van der Waals surface area contributed by atoms with E-state index in [9.17, 15) is 5.11 Å². The van der Waals surface area contributed by atoms with E-state index in [4.69, 9.17) is 0 Å². The minimum absolute atomic E-state index is 0.294. The Bertz CT molecular complexity index is 286. The highest BCUT2D eigenvalue weighted by Gasteiger charge is 2.11. The Kier molecular flexibility index (Phi) is 6.73. The molecule has 0 aliphatic heterocycles. The summed E-state index contributed by atoms with van der Waals surface area (Å²) in [5, 5.41) is 15.4. The molecule has 3 nitrogen and oxygen atoms in total. The summed E-state index contributed by atoms with van der Waals surface area (Å²) >= 11 is 1.75. The molecule has 4 heteroatoms. The van der Waals surface area contributed by atoms with Crippen molar-refractivity contribution in [2.24, 2.45) is 0 Å². The molecule has 0 saturated heterocycles. The first-order chi connectivity index (χ1) is 8.17. The molecule has 0 fully saturated rings. The fraction of sp³-hybridized carbons (Fsp3) is 0.692. The second kappa shape index (κ2) is 7.82. The van der Waals surface area contributed by atoms with Gasteiger partial charge < -0.3 is 15.3 Å². The van der Waals surface area contributed by atoms with Crippen LogP contribution < -0.4 is 5.32 Å². The second-order valence-electron chi connectivity index (χ2n) is 4.29. The Hall–Kier alpha value is -0.420. The lowest BCUT2D eigenvalue weighted by molar-refractivity contribution is 0.114. The quantitative estimate of drug-likeness (QED) is 0.748. The maximum absolute atomic E-state index is 9.93. The Morgan fingerprint density at radius 3 is 2.65 bits per heavy atom. The van der Waals surface area contributed by atoms with Crippen LogP contribution >= 0.6 is 11.3 Å². The van der Waals surface area contributed by atoms with Gasteiger partial charge in [-0.05, 0) is 31.5 Å². The molecule has 2 unspecified atom stereocenters. The van der Waals surface area contributed by atoms with Gasteiger partial charge in [-0.1, -0.05) is 19.9 Å². The van der Waals surface area contributed by atoms with Crippen LogP contribution in [-0.4, -0.2) is 42.3 Å². The number of rotatable bonds is 8. The van der Waals surface area contributed by atoms with E-state index in [1.165, 1.54) is 4.88 Å². The molecule has 1 aromatic heterocycles. The van der Waals surface area contributed by atoms with E-state index in [1.54, 1.807) is 11.3 Å². The van der Waals surface area contributed by atoms with Crippen molar-refractivity contribution in [2.75, 3.05) is 26.2 Å². The molecule has 1 heterocycles. The van der Waals surface area contributed by atoms with E-state index in [2.05, 4.69) is 48.5 Å². The molecule has 2 N–H and O–H groups in total. The number of hydrogen-bond donors (Lipinski definition) is 2. The van der Waals surface area contributed by atoms with E-state index in [0.29, 0.717) is 12.6 Å². The van der Waals surface area contributed by atoms with Gasteiger partial charge in [0.1, 0.15) is 0 Å². The Morgan fingerprint density at radius 1 is 1.41 bits per heavy atom. The van der Waals surface area contributed by atoms with Gasteiger partial charge in [-0.3, -0.25) is 0 Å². The highest BCUT2D eigenvalue weighted by atomic mass is 32.1. The summed E-state index contributed by atoms with van der Waals surface area (Å²) in [4.78, 5) is 3.56. The zero-order chi connectivity index (χ0) is 12.7. The third-order valence-electron chi connectivity index (χ3n) is 2.99. The third kappa shape index (κ3) is 5.17. The third-order valence-corrected chi connectivity index (χ3v) is 4.05. The molecule has 0 aliphatic rings. The van der Waals surface area contributed by atoms with Gasteiger partial charge in [0.15, 0.2) is 0 Å². The lowest BCUT2D eigenvalue weighted by atomic mass is 10.2. The van der Waals surface area contributed by atoms with E-state index in [1.807, 2.05) is 0 Å². The average molecular weight is 256 g/mol. The molecule has 0 amide bonds. The standard InChI is InChI=1S/C13H24N2OS/c1-4-15(5-2)10-12(16)9-14-11(3)13-7-6-8-17-13/h6-8,11-12,14,16H,4-5,9-10H2,1-3H3. The predicted molar refractivity (Wildman–Crippen MR) is 74.5 cm³/mol. The van der Waals surface area contributed by atoms with Crippen LogP contribution in [0.5, 0.6) is 0 Å². The Morgan fingerprint density at radius 2 is 2.12 bits per heavy atom. The first-order valence-electron chi connectivity index (χ1n) is 6.34. The van der Waals surface area contributed by atoms with Crippen molar-refractivity contribution in [1.29, 1.82) is 0 Å². The normalized spacial score (nSPS) is 15.1. The van der Waals surface area contributed by atoms with Gasteiger partial charge in [0.2, 0.25) is 0 Å². The van der Waals surface area contributed by atoms with Crippen molar-refractivity contribution in [1.82, 2.24) is 10.2 Å². The second-order valence-corrected chi connectivity index (χ2v) is 5.26. The van der Waals surface area contributed by atoms with Crippen molar-refractivity contribution in [3.8, 4) is 0 Å². The number of nitrogens with one attached hydrogen (secondary N) is 1. The van der Waals surface area contributed by atoms with Crippen molar-refractivity contribution in [2.45, 2.75) is 32.9 Å². The average Bonchev–Trinajstić information content (AvgIpc) is 2.86. The summed E-state index contributed by atoms with van der Waals surface area (Å²) in [5.74, 6) is 0. The number of likely N-dealkylation sites (N-methyl/N-ethyl adjacent to an activating group) is 1. The molecular formula is C13H24N2OS. The van der Waals surface area contributed by atoms with Crippen LogP contribution in [0.25, 0.3) is 0 Å². The van der Waals surface area contributed by atoms with Crippen LogP contribution in [0.2, 0.25) is 0 Å². The fourth-order valence-electron chi connectivity index (χ4n) is 1.80. The van der Waals surface area contributed by atoms with E-state index >= 15 is 0 Å². The van der Waals surface area contributed by atoms with Crippen molar-refractivity contribution < 1.29 is 5.11 Å². The summed E-state index contributed by atoms with van der Waals surface area (Å²) in [6.45, 7) is 9.76. The number of thiophene rings is 1. The molecule has 2 atom stereocenters. The van der Waals surface area contributed by atoms with Crippen LogP contribution in [0.4, 0.5) is 0 Å². The van der Waals surface area contributed by atoms with Crippen LogP contribution in [0, 0.1) is 0 Å². The summed E-state index contributed by atoms with van der Waals surface area (Å²) in [7, 11) is 0. The highest BCUT2D eigenvalue weighted by Crippen LogP contribution is 2.17. The summed E-state index contributed by atoms with van der Waals surface area (Å²) in [6.07, 6.45) is -0.294. The lowest BCUT2D eigenvalue weighted by Gasteiger charge is -2.23. The van der Waals surface area contributed by atoms with Crippen LogP contribution in [0.15, 0.2) is 17.5 Å². The van der Waals surface area contributed by atoms with Gasteiger partial charge >= 0.3 is 0 Å². The minimum atomic E-state index is -0.294. The zero-order valence-electron chi connectivity index (χ0n) is 11.0. The maximum Gasteiger partial charge on any atom is 0.0791 e. The van der Waals surface area contributed by atoms with Crippen molar-refractivity contribution in [3.05, 3.63) is 22.4 Å². The number of aliphatic hydroxyl groups is 1. The highest BCUT2D eigenvalue weighted by molar-refractivity contribution is 7.10. The predicted octanol–water partition coefficient (Wildman–Crippen LogP) is 2.10. The molecule has 0 saturated carbocycles. The summed E-state index contributed by atoms with van der Waals surface area (Å²) in [5.41, 5.74) is 0. The van der Waals surface area contributed by atoms with Crippen LogP contribution in [-0.2, 0) is 0 Å². The molecule has 1 aromatic rings. The van der Waals surface area contributed by atoms with E-state index < -0.39 is 0 Å². The molecule has 17 heavy (non-hydrogen) atoms. The van der Waals surface area contributed by atoms with Gasteiger partial charge in [-0.2, -0.15) is 0 Å². The van der Waals surface area contributed by atoms with Crippen LogP contribution in [0.3, 0.4) is 0 Å². The van der Waals surface area contributed by atoms with Gasteiger partial charge in [0.05, 0.1) is 6.10 Å². The van der Waals surface area contributed by atoms with E-state index in [0.717, 1.165) is 19.6 Å². The number of hydrogen-bond acceptors (Lipinski definition) is 4.